The molecule has 0 bridgehead atoms. The van der Waals surface area contributed by atoms with Crippen LogP contribution in [0.4, 0.5) is 0 Å². The van der Waals surface area contributed by atoms with Crippen LogP contribution in [0.3, 0.4) is 0 Å². The van der Waals surface area contributed by atoms with Gasteiger partial charge in [0.25, 0.3) is 0 Å². The van der Waals surface area contributed by atoms with Crippen LogP contribution in [0.1, 0.15) is 51.4 Å². The molecule has 17 heavy (non-hydrogen) atoms. The zero-order valence-corrected chi connectivity index (χ0v) is 10.9. The molecule has 0 spiro atoms. The largest absolute Gasteiger partial charge is 0.344 e. The minimum Gasteiger partial charge on any atom is -0.344 e. The number of hydrogen-bond donors (Lipinski definition) is 2. The Hall–Kier alpha value is -0.710. The van der Waals surface area contributed by atoms with Crippen molar-refractivity contribution in [3.8, 4) is 0 Å². The normalized spacial score (nSPS) is 31.1. The molecular weight excluding hydrogens is 236 g/mol. The molecule has 4 nitrogen and oxygen atoms in total. The van der Waals surface area contributed by atoms with E-state index in [1.165, 1.54) is 0 Å². The van der Waals surface area contributed by atoms with Crippen molar-refractivity contribution in [2.45, 2.75) is 62.1 Å². The first-order chi connectivity index (χ1) is 8.24. The molecule has 0 aliphatic carbocycles. The number of nitrogens with one attached hydrogen (secondary N) is 2. The van der Waals surface area contributed by atoms with E-state index in [0.717, 1.165) is 38.5 Å². The summed E-state index contributed by atoms with van der Waals surface area (Å²) in [5.74, 6) is 0.305. The molecule has 2 atom stereocenters. The first-order valence-electron chi connectivity index (χ1n) is 6.48. The molecule has 0 radical (unpaired) electrons. The average molecular weight is 256 g/mol. The van der Waals surface area contributed by atoms with E-state index in [4.69, 9.17) is 0 Å². The summed E-state index contributed by atoms with van der Waals surface area (Å²) in [6, 6.07) is 0. The van der Waals surface area contributed by atoms with E-state index in [0.29, 0.717) is 12.8 Å². The standard InChI is InChI=1S/C12H20N2O2S/c15-9-5-1-3-7-11(13-9)17-12-8-4-2-6-10(16)14-12/h11-12H,1-8H2,(H,13,15)(H,14,16). The van der Waals surface area contributed by atoms with Gasteiger partial charge in [-0.2, -0.15) is 0 Å². The lowest BCUT2D eigenvalue weighted by Crippen LogP contribution is -2.37. The van der Waals surface area contributed by atoms with E-state index < -0.39 is 0 Å². The molecule has 0 saturated carbocycles. The number of rotatable bonds is 2. The Bertz CT molecular complexity index is 268. The molecule has 96 valence electrons. The van der Waals surface area contributed by atoms with E-state index in [9.17, 15) is 9.59 Å². The number of amides is 2. The number of carbonyl (C=O) groups excluding carboxylic acids is 2. The fourth-order valence-corrected chi connectivity index (χ4v) is 3.68. The van der Waals surface area contributed by atoms with Crippen LogP contribution < -0.4 is 10.6 Å². The van der Waals surface area contributed by atoms with Crippen LogP contribution in [0.15, 0.2) is 0 Å². The lowest BCUT2D eigenvalue weighted by molar-refractivity contribution is -0.121. The summed E-state index contributed by atoms with van der Waals surface area (Å²) in [6.45, 7) is 0. The summed E-state index contributed by atoms with van der Waals surface area (Å²) in [6.07, 6.45) is 7.49. The first-order valence-corrected chi connectivity index (χ1v) is 7.42. The quantitative estimate of drug-likeness (QED) is 0.791. The predicted molar refractivity (Wildman–Crippen MR) is 68.4 cm³/mol. The van der Waals surface area contributed by atoms with Crippen LogP contribution in [0, 0.1) is 0 Å². The second kappa shape index (κ2) is 6.28. The smallest absolute Gasteiger partial charge is 0.220 e. The Morgan fingerprint density at radius 1 is 0.824 bits per heavy atom. The van der Waals surface area contributed by atoms with Gasteiger partial charge in [-0.3, -0.25) is 9.59 Å². The van der Waals surface area contributed by atoms with Crippen molar-refractivity contribution < 1.29 is 9.59 Å². The molecule has 0 aromatic carbocycles. The van der Waals surface area contributed by atoms with Gasteiger partial charge in [-0.1, -0.05) is 12.8 Å². The topological polar surface area (TPSA) is 58.2 Å². The van der Waals surface area contributed by atoms with E-state index in [2.05, 4.69) is 10.6 Å². The molecular formula is C12H20N2O2S. The van der Waals surface area contributed by atoms with Crippen molar-refractivity contribution in [3.63, 3.8) is 0 Å². The summed E-state index contributed by atoms with van der Waals surface area (Å²) >= 11 is 1.71. The van der Waals surface area contributed by atoms with Crippen LogP contribution in [-0.2, 0) is 9.59 Å². The highest BCUT2D eigenvalue weighted by Crippen LogP contribution is 2.26. The molecule has 0 aromatic rings. The summed E-state index contributed by atoms with van der Waals surface area (Å²) in [5.41, 5.74) is 0. The summed E-state index contributed by atoms with van der Waals surface area (Å²) < 4.78 is 0. The number of thioether (sulfide) groups is 1. The monoisotopic (exact) mass is 256 g/mol. The van der Waals surface area contributed by atoms with E-state index >= 15 is 0 Å². The van der Waals surface area contributed by atoms with Crippen LogP contribution in [0.25, 0.3) is 0 Å². The van der Waals surface area contributed by atoms with Gasteiger partial charge in [-0.25, -0.2) is 0 Å². The molecule has 2 aliphatic heterocycles. The predicted octanol–water partition coefficient (Wildman–Crippen LogP) is 1.75. The Morgan fingerprint density at radius 2 is 1.29 bits per heavy atom. The Balaban J connectivity index is 1.85. The summed E-state index contributed by atoms with van der Waals surface area (Å²) in [5, 5.41) is 6.42. The molecule has 2 saturated heterocycles. The molecule has 2 heterocycles. The van der Waals surface area contributed by atoms with Crippen molar-refractivity contribution in [2.24, 2.45) is 0 Å². The molecule has 2 rings (SSSR count). The van der Waals surface area contributed by atoms with Gasteiger partial charge in [0.1, 0.15) is 0 Å². The van der Waals surface area contributed by atoms with Crippen molar-refractivity contribution in [2.75, 3.05) is 0 Å². The SMILES string of the molecule is O=C1CCCCC(SC2CCCCC(=O)N2)N1. The Kier molecular flexibility index (Phi) is 4.71. The lowest BCUT2D eigenvalue weighted by atomic mass is 10.2. The van der Waals surface area contributed by atoms with Gasteiger partial charge in [-0.05, 0) is 25.7 Å². The van der Waals surface area contributed by atoms with Crippen LogP contribution in [0.5, 0.6) is 0 Å². The average Bonchev–Trinajstić information content (AvgIpc) is 2.59. The molecule has 5 heteroatoms. The van der Waals surface area contributed by atoms with Crippen LogP contribution >= 0.6 is 11.8 Å². The zero-order chi connectivity index (χ0) is 12.1. The highest BCUT2D eigenvalue weighted by molar-refractivity contribution is 8.00. The third-order valence-electron chi connectivity index (χ3n) is 3.21. The van der Waals surface area contributed by atoms with Crippen molar-refractivity contribution in [1.82, 2.24) is 10.6 Å². The highest BCUT2D eigenvalue weighted by atomic mass is 32.2. The van der Waals surface area contributed by atoms with Gasteiger partial charge in [-0.15, -0.1) is 11.8 Å². The molecule has 0 aromatic heterocycles. The van der Waals surface area contributed by atoms with Crippen LogP contribution in [-0.4, -0.2) is 22.6 Å². The fourth-order valence-electron chi connectivity index (χ4n) is 2.28. The Labute approximate surface area is 106 Å². The summed E-state index contributed by atoms with van der Waals surface area (Å²) in [4.78, 5) is 22.9. The zero-order valence-electron chi connectivity index (χ0n) is 10.0. The van der Waals surface area contributed by atoms with Gasteiger partial charge in [0, 0.05) is 12.8 Å². The van der Waals surface area contributed by atoms with Crippen molar-refractivity contribution in [1.29, 1.82) is 0 Å². The molecule has 2 aliphatic rings. The number of carbonyl (C=O) groups is 2. The van der Waals surface area contributed by atoms with E-state index in [-0.39, 0.29) is 22.6 Å². The second-order valence-corrected chi connectivity index (χ2v) is 6.15. The molecule has 2 amide bonds. The lowest BCUT2D eigenvalue weighted by Gasteiger charge is -2.22. The molecule has 2 fully saturated rings. The minimum atomic E-state index is 0.153. The highest BCUT2D eigenvalue weighted by Gasteiger charge is 2.23. The van der Waals surface area contributed by atoms with Gasteiger partial charge in [0.2, 0.25) is 11.8 Å². The van der Waals surface area contributed by atoms with Crippen molar-refractivity contribution in [3.05, 3.63) is 0 Å². The Morgan fingerprint density at radius 3 is 1.76 bits per heavy atom. The van der Waals surface area contributed by atoms with Crippen molar-refractivity contribution >= 4 is 23.6 Å². The van der Waals surface area contributed by atoms with Gasteiger partial charge >= 0.3 is 0 Å². The van der Waals surface area contributed by atoms with Gasteiger partial charge in [0.05, 0.1) is 10.7 Å². The van der Waals surface area contributed by atoms with Crippen LogP contribution in [0.2, 0.25) is 0 Å². The van der Waals surface area contributed by atoms with E-state index in [1.54, 1.807) is 11.8 Å². The first kappa shape index (κ1) is 12.7. The third-order valence-corrected chi connectivity index (χ3v) is 4.58. The van der Waals surface area contributed by atoms with E-state index in [1.807, 2.05) is 0 Å². The molecule has 2 N–H and O–H groups in total. The summed E-state index contributed by atoms with van der Waals surface area (Å²) in [7, 11) is 0. The van der Waals surface area contributed by atoms with Gasteiger partial charge < -0.3 is 10.6 Å². The number of hydrogen-bond acceptors (Lipinski definition) is 3. The maximum Gasteiger partial charge on any atom is 0.220 e. The van der Waals surface area contributed by atoms with Gasteiger partial charge in [0.15, 0.2) is 0 Å². The maximum atomic E-state index is 11.5. The third kappa shape index (κ3) is 4.22. The molecule has 2 unspecified atom stereocenters. The minimum absolute atomic E-state index is 0.153. The maximum absolute atomic E-state index is 11.5. The fraction of sp³-hybridized carbons (Fsp3) is 0.833. The second-order valence-electron chi connectivity index (χ2n) is 4.74.